The Morgan fingerprint density at radius 2 is 1.84 bits per heavy atom. The number of anilines is 2. The molecule has 0 bridgehead atoms. The smallest absolute Gasteiger partial charge is 0.288 e. The molecular formula is C23H23N7O2. The van der Waals surface area contributed by atoms with E-state index in [1.165, 1.54) is 5.56 Å². The first kappa shape index (κ1) is 19.9. The van der Waals surface area contributed by atoms with Crippen molar-refractivity contribution in [3.63, 3.8) is 0 Å². The van der Waals surface area contributed by atoms with Gasteiger partial charge in [0, 0.05) is 11.1 Å². The van der Waals surface area contributed by atoms with E-state index in [1.807, 2.05) is 31.2 Å². The molecule has 0 saturated heterocycles. The van der Waals surface area contributed by atoms with E-state index >= 15 is 0 Å². The van der Waals surface area contributed by atoms with Crippen molar-refractivity contribution < 1.29 is 4.74 Å². The standard InChI is InChI=1S/C23H23N7O2/c1-4-32-17-11-9-15(10-12-17)19-18-20(22(31)26-25-19)24-23-27-28-29-30(23)21(18)16-7-5-14(6-8-16)13(2)3/h5-13,21H,4H2,1-3H3,(H,26,31)(H,24,27,29)/t21-/m1/s1. The molecule has 2 aromatic carbocycles. The molecule has 0 fully saturated rings. The molecule has 9 nitrogen and oxygen atoms in total. The highest BCUT2D eigenvalue weighted by atomic mass is 16.5. The third-order valence-electron chi connectivity index (χ3n) is 5.63. The van der Waals surface area contributed by atoms with Crippen molar-refractivity contribution in [2.45, 2.75) is 32.7 Å². The summed E-state index contributed by atoms with van der Waals surface area (Å²) < 4.78 is 7.25. The third-order valence-corrected chi connectivity index (χ3v) is 5.63. The highest BCUT2D eigenvalue weighted by molar-refractivity contribution is 5.75. The summed E-state index contributed by atoms with van der Waals surface area (Å²) in [6, 6.07) is 15.6. The number of rotatable bonds is 5. The van der Waals surface area contributed by atoms with Gasteiger partial charge in [0.25, 0.3) is 5.56 Å². The van der Waals surface area contributed by atoms with Crippen LogP contribution in [0.3, 0.4) is 0 Å². The van der Waals surface area contributed by atoms with Crippen LogP contribution in [-0.4, -0.2) is 37.0 Å². The summed E-state index contributed by atoms with van der Waals surface area (Å²) in [7, 11) is 0. The van der Waals surface area contributed by atoms with Gasteiger partial charge in [-0.3, -0.25) is 4.79 Å². The first-order chi connectivity index (χ1) is 15.6. The first-order valence-corrected chi connectivity index (χ1v) is 10.6. The molecule has 0 aliphatic carbocycles. The van der Waals surface area contributed by atoms with Crippen molar-refractivity contribution in [1.82, 2.24) is 30.4 Å². The predicted octanol–water partition coefficient (Wildman–Crippen LogP) is 3.64. The maximum Gasteiger partial charge on any atom is 0.288 e. The van der Waals surface area contributed by atoms with Crippen LogP contribution >= 0.6 is 0 Å². The van der Waals surface area contributed by atoms with E-state index in [2.05, 4.69) is 69.2 Å². The molecular weight excluding hydrogens is 406 g/mol. The molecule has 0 unspecified atom stereocenters. The first-order valence-electron chi connectivity index (χ1n) is 10.6. The lowest BCUT2D eigenvalue weighted by atomic mass is 9.91. The summed E-state index contributed by atoms with van der Waals surface area (Å²) in [5.74, 6) is 1.60. The summed E-state index contributed by atoms with van der Waals surface area (Å²) in [6.45, 7) is 6.84. The van der Waals surface area contributed by atoms with Gasteiger partial charge in [-0.1, -0.05) is 43.2 Å². The molecule has 4 aromatic rings. The molecule has 162 valence electrons. The summed E-state index contributed by atoms with van der Waals surface area (Å²) >= 11 is 0. The molecule has 0 radical (unpaired) electrons. The molecule has 3 heterocycles. The number of aromatic nitrogens is 6. The van der Waals surface area contributed by atoms with Crippen LogP contribution < -0.4 is 15.6 Å². The zero-order valence-corrected chi connectivity index (χ0v) is 18.0. The van der Waals surface area contributed by atoms with Crippen LogP contribution in [0.1, 0.15) is 49.4 Å². The lowest BCUT2D eigenvalue weighted by Crippen LogP contribution is -2.29. The summed E-state index contributed by atoms with van der Waals surface area (Å²) in [6.07, 6.45) is 0. The number of tetrazole rings is 1. The zero-order valence-electron chi connectivity index (χ0n) is 18.0. The average molecular weight is 429 g/mol. The van der Waals surface area contributed by atoms with Gasteiger partial charge >= 0.3 is 0 Å². The SMILES string of the molecule is CCOc1ccc(-c2n[nH]c(=O)c3c2[C@@H](c2ccc(C(C)C)cc2)n2nnnc2N3)cc1. The van der Waals surface area contributed by atoms with Crippen LogP contribution in [-0.2, 0) is 0 Å². The largest absolute Gasteiger partial charge is 0.494 e. The lowest BCUT2D eigenvalue weighted by Gasteiger charge is -2.28. The van der Waals surface area contributed by atoms with Crippen molar-refractivity contribution in [3.05, 3.63) is 75.6 Å². The van der Waals surface area contributed by atoms with E-state index in [0.717, 1.165) is 22.4 Å². The van der Waals surface area contributed by atoms with E-state index in [0.29, 0.717) is 29.9 Å². The Bertz CT molecular complexity index is 1310. The van der Waals surface area contributed by atoms with Crippen molar-refractivity contribution in [1.29, 1.82) is 0 Å². The zero-order chi connectivity index (χ0) is 22.2. The Labute approximate surface area is 184 Å². The molecule has 9 heteroatoms. The van der Waals surface area contributed by atoms with E-state index in [9.17, 15) is 4.79 Å². The number of benzene rings is 2. The van der Waals surface area contributed by atoms with Crippen molar-refractivity contribution in [3.8, 4) is 17.0 Å². The van der Waals surface area contributed by atoms with E-state index in [4.69, 9.17) is 4.74 Å². The van der Waals surface area contributed by atoms with Crippen LogP contribution in [0.2, 0.25) is 0 Å². The molecule has 32 heavy (non-hydrogen) atoms. The monoisotopic (exact) mass is 429 g/mol. The summed E-state index contributed by atoms with van der Waals surface area (Å²) in [5.41, 5.74) is 4.48. The summed E-state index contributed by atoms with van der Waals surface area (Å²) in [4.78, 5) is 12.8. The second-order valence-electron chi connectivity index (χ2n) is 7.94. The van der Waals surface area contributed by atoms with E-state index < -0.39 is 6.04 Å². The predicted molar refractivity (Wildman–Crippen MR) is 120 cm³/mol. The van der Waals surface area contributed by atoms with Gasteiger partial charge in [-0.25, -0.2) is 5.10 Å². The lowest BCUT2D eigenvalue weighted by molar-refractivity contribution is 0.340. The topological polar surface area (TPSA) is 111 Å². The van der Waals surface area contributed by atoms with Crippen molar-refractivity contribution in [2.75, 3.05) is 11.9 Å². The van der Waals surface area contributed by atoms with Gasteiger partial charge in [0.15, 0.2) is 0 Å². The fraction of sp³-hybridized carbons (Fsp3) is 0.261. The Hall–Kier alpha value is -4.01. The van der Waals surface area contributed by atoms with E-state index in [1.54, 1.807) is 4.68 Å². The van der Waals surface area contributed by atoms with Gasteiger partial charge in [-0.2, -0.15) is 9.78 Å². The molecule has 1 atom stereocenters. The van der Waals surface area contributed by atoms with Gasteiger partial charge in [-0.15, -0.1) is 0 Å². The number of hydrogen-bond donors (Lipinski definition) is 2. The molecule has 2 N–H and O–H groups in total. The van der Waals surface area contributed by atoms with Crippen LogP contribution in [0, 0.1) is 0 Å². The highest BCUT2D eigenvalue weighted by Gasteiger charge is 2.34. The molecule has 5 rings (SSSR count). The van der Waals surface area contributed by atoms with Gasteiger partial charge in [0.05, 0.1) is 12.3 Å². The minimum atomic E-state index is -0.408. The minimum Gasteiger partial charge on any atom is -0.494 e. The normalized spacial score (nSPS) is 14.6. The maximum absolute atomic E-state index is 12.8. The maximum atomic E-state index is 12.8. The second-order valence-corrected chi connectivity index (χ2v) is 7.94. The van der Waals surface area contributed by atoms with Crippen LogP contribution in [0.15, 0.2) is 53.3 Å². The van der Waals surface area contributed by atoms with Gasteiger partial charge in [0.1, 0.15) is 17.5 Å². The number of aromatic amines is 1. The van der Waals surface area contributed by atoms with Crippen molar-refractivity contribution >= 4 is 11.6 Å². The Morgan fingerprint density at radius 3 is 2.53 bits per heavy atom. The average Bonchev–Trinajstić information content (AvgIpc) is 3.28. The molecule has 1 aliphatic rings. The van der Waals surface area contributed by atoms with Gasteiger partial charge < -0.3 is 10.1 Å². The van der Waals surface area contributed by atoms with Gasteiger partial charge in [0.2, 0.25) is 5.95 Å². The second kappa shape index (κ2) is 7.92. The van der Waals surface area contributed by atoms with Gasteiger partial charge in [-0.05, 0) is 58.7 Å². The minimum absolute atomic E-state index is 0.326. The number of nitrogens with zero attached hydrogens (tertiary/aromatic N) is 5. The molecule has 0 saturated carbocycles. The van der Waals surface area contributed by atoms with Crippen LogP contribution in [0.4, 0.5) is 11.6 Å². The fourth-order valence-electron chi connectivity index (χ4n) is 4.00. The van der Waals surface area contributed by atoms with Crippen molar-refractivity contribution in [2.24, 2.45) is 0 Å². The number of hydrogen-bond acceptors (Lipinski definition) is 7. The Balaban J connectivity index is 1.70. The number of ether oxygens (including phenoxy) is 1. The van der Waals surface area contributed by atoms with Crippen LogP contribution in [0.5, 0.6) is 5.75 Å². The molecule has 2 aromatic heterocycles. The van der Waals surface area contributed by atoms with E-state index in [-0.39, 0.29) is 5.56 Å². The number of fused-ring (bicyclic) bond motifs is 2. The number of nitrogens with one attached hydrogen (secondary N) is 2. The summed E-state index contributed by atoms with van der Waals surface area (Å²) in [5, 5.41) is 22.2. The highest BCUT2D eigenvalue weighted by Crippen LogP contribution is 2.41. The Morgan fingerprint density at radius 1 is 1.09 bits per heavy atom. The fourth-order valence-corrected chi connectivity index (χ4v) is 4.00. The Kier molecular flexibility index (Phi) is 4.93. The molecule has 1 aliphatic heterocycles. The molecule has 0 spiro atoms. The quantitative estimate of drug-likeness (QED) is 0.439. The molecule has 0 amide bonds. The third kappa shape index (κ3) is 3.31. The number of H-pyrrole nitrogens is 1. The van der Waals surface area contributed by atoms with Crippen LogP contribution in [0.25, 0.3) is 11.3 Å².